The van der Waals surface area contributed by atoms with E-state index in [1.54, 1.807) is 24.5 Å². The fourth-order valence-electron chi connectivity index (χ4n) is 2.98. The number of aromatic nitrogens is 2. The lowest BCUT2D eigenvalue weighted by Crippen LogP contribution is -2.36. The normalized spacial score (nSPS) is 24.3. The van der Waals surface area contributed by atoms with Gasteiger partial charge >= 0.3 is 17.6 Å². The van der Waals surface area contributed by atoms with Crippen molar-refractivity contribution in [2.24, 2.45) is 4.99 Å². The first-order chi connectivity index (χ1) is 12.8. The van der Waals surface area contributed by atoms with Crippen LogP contribution in [0.1, 0.15) is 32.1 Å². The lowest BCUT2D eigenvalue weighted by Gasteiger charge is -2.19. The Kier molecular flexibility index (Phi) is 5.51. The summed E-state index contributed by atoms with van der Waals surface area (Å²) in [5.41, 5.74) is 3.17. The molecule has 0 aromatic carbocycles. The molecule has 1 fully saturated rings. The first kappa shape index (κ1) is 19.0. The van der Waals surface area contributed by atoms with Gasteiger partial charge in [-0.1, -0.05) is 0 Å². The molecule has 27 heavy (non-hydrogen) atoms. The average Bonchev–Trinajstić information content (AvgIpc) is 3.24. The monoisotopic (exact) mass is 379 g/mol. The summed E-state index contributed by atoms with van der Waals surface area (Å²) < 4.78 is 17.4. The maximum absolute atomic E-state index is 12.5. The largest absolute Gasteiger partial charge is 0.463 e. The van der Waals surface area contributed by atoms with Crippen LogP contribution in [-0.2, 0) is 23.8 Å². The summed E-state index contributed by atoms with van der Waals surface area (Å²) in [5, 5.41) is 1.57. The zero-order valence-corrected chi connectivity index (χ0v) is 15.2. The molecule has 11 nitrogen and oxygen atoms in total. The predicted molar refractivity (Wildman–Crippen MR) is 92.9 cm³/mol. The van der Waals surface area contributed by atoms with Gasteiger partial charge in [0.15, 0.2) is 5.82 Å². The molecule has 146 valence electrons. The number of aryl methyl sites for hydroxylation is 1. The number of ether oxygens (including phenoxy) is 3. The summed E-state index contributed by atoms with van der Waals surface area (Å²) in [6.45, 7) is 4.71. The number of rotatable bonds is 5. The molecule has 11 heteroatoms. The summed E-state index contributed by atoms with van der Waals surface area (Å²) >= 11 is 0. The molecule has 3 atom stereocenters. The molecule has 1 aromatic heterocycles. The van der Waals surface area contributed by atoms with Crippen LogP contribution in [0.2, 0.25) is 0 Å². The molecule has 0 bridgehead atoms. The molecule has 2 aliphatic rings. The third-order valence-electron chi connectivity index (χ3n) is 4.12. The van der Waals surface area contributed by atoms with Gasteiger partial charge in [0, 0.05) is 32.0 Å². The second-order valence-corrected chi connectivity index (χ2v) is 6.24. The third kappa shape index (κ3) is 4.31. The van der Waals surface area contributed by atoms with Crippen molar-refractivity contribution in [1.82, 2.24) is 15.0 Å². The second-order valence-electron chi connectivity index (χ2n) is 6.24. The topological polar surface area (TPSA) is 124 Å². The van der Waals surface area contributed by atoms with Gasteiger partial charge in [0.2, 0.25) is 0 Å². The van der Waals surface area contributed by atoms with Crippen molar-refractivity contribution in [1.29, 1.82) is 0 Å². The highest BCUT2D eigenvalue weighted by molar-refractivity contribution is 5.78. The van der Waals surface area contributed by atoms with Crippen LogP contribution in [0, 0.1) is 6.92 Å². The Morgan fingerprint density at radius 3 is 2.78 bits per heavy atom. The van der Waals surface area contributed by atoms with Crippen LogP contribution in [0.5, 0.6) is 0 Å². The van der Waals surface area contributed by atoms with Crippen molar-refractivity contribution in [2.75, 3.05) is 18.3 Å². The van der Waals surface area contributed by atoms with Gasteiger partial charge in [-0.25, -0.2) is 15.2 Å². The second kappa shape index (κ2) is 7.84. The summed E-state index contributed by atoms with van der Waals surface area (Å²) in [7, 11) is 0. The van der Waals surface area contributed by atoms with Gasteiger partial charge in [-0.15, -0.1) is 0 Å². The number of carbonyl (C=O) groups is 2. The van der Waals surface area contributed by atoms with Crippen molar-refractivity contribution in [3.05, 3.63) is 22.2 Å². The van der Waals surface area contributed by atoms with Crippen LogP contribution in [-0.4, -0.2) is 53.3 Å². The molecule has 3 rings (SSSR count). The Hall–Kier alpha value is -2.79. The molecule has 0 saturated carbocycles. The van der Waals surface area contributed by atoms with E-state index in [1.165, 1.54) is 18.4 Å². The smallest absolute Gasteiger partial charge is 0.351 e. The molecular weight excluding hydrogens is 358 g/mol. The van der Waals surface area contributed by atoms with Crippen molar-refractivity contribution >= 4 is 24.1 Å². The van der Waals surface area contributed by atoms with Gasteiger partial charge in [0.1, 0.15) is 38.0 Å². The molecule has 1 saturated heterocycles. The minimum Gasteiger partial charge on any atom is -0.463 e. The first-order valence-electron chi connectivity index (χ1n) is 8.43. The fourth-order valence-corrected chi connectivity index (χ4v) is 2.98. The Morgan fingerprint density at radius 2 is 2.15 bits per heavy atom. The fraction of sp³-hybridized carbons (Fsp3) is 0.562. The molecule has 0 unspecified atom stereocenters. The van der Waals surface area contributed by atoms with Gasteiger partial charge < -0.3 is 14.2 Å². The van der Waals surface area contributed by atoms with Crippen LogP contribution < -0.4 is 16.1 Å². The van der Waals surface area contributed by atoms with Crippen LogP contribution in [0.25, 0.3) is 0 Å². The molecule has 2 aliphatic heterocycles. The molecule has 0 aliphatic carbocycles. The summed E-state index contributed by atoms with van der Waals surface area (Å²) in [6.07, 6.45) is 1.44. The molecular formula is C16H21N5O6. The SMILES string of the molecule is CC(=O)OC[C@H]1O[C@@H](n2cc(C)c(N3C=NCN3)nc2=O)C[C@H]1OC(C)=O. The minimum absolute atomic E-state index is 0.0722. The first-order valence-corrected chi connectivity index (χ1v) is 8.43. The number of aliphatic imine (C=N–C) groups is 1. The van der Waals surface area contributed by atoms with Gasteiger partial charge in [0.25, 0.3) is 0 Å². The standard InChI is InChI=1S/C16H21N5O6/c1-9-5-20(16(24)19-15(9)21-8-17-7-18-21)14-4-12(26-11(3)23)13(27-14)6-25-10(2)22/h5,8,12-14,18H,4,6-7H2,1-3H3/t12-,13-,14-/m1/s1. The van der Waals surface area contributed by atoms with Gasteiger partial charge in [0.05, 0.1) is 0 Å². The van der Waals surface area contributed by atoms with E-state index in [9.17, 15) is 14.4 Å². The molecule has 0 amide bonds. The number of carbonyl (C=O) groups excluding carboxylic acids is 2. The van der Waals surface area contributed by atoms with E-state index >= 15 is 0 Å². The zero-order valence-electron chi connectivity index (χ0n) is 15.2. The number of nitrogens with zero attached hydrogens (tertiary/aromatic N) is 4. The third-order valence-corrected chi connectivity index (χ3v) is 4.12. The van der Waals surface area contributed by atoms with Crippen LogP contribution in [0.3, 0.4) is 0 Å². The van der Waals surface area contributed by atoms with Crippen LogP contribution >= 0.6 is 0 Å². The Balaban J connectivity index is 1.81. The number of nitrogens with one attached hydrogen (secondary N) is 1. The van der Waals surface area contributed by atoms with Crippen molar-refractivity contribution in [3.8, 4) is 0 Å². The number of anilines is 1. The van der Waals surface area contributed by atoms with E-state index in [0.717, 1.165) is 5.56 Å². The predicted octanol–water partition coefficient (Wildman–Crippen LogP) is -0.356. The highest BCUT2D eigenvalue weighted by Gasteiger charge is 2.40. The molecule has 1 aromatic rings. The summed E-state index contributed by atoms with van der Waals surface area (Å²) in [5.74, 6) is -0.501. The maximum atomic E-state index is 12.5. The molecule has 1 N–H and O–H groups in total. The zero-order chi connectivity index (χ0) is 19.6. The van der Waals surface area contributed by atoms with E-state index < -0.39 is 36.1 Å². The average molecular weight is 379 g/mol. The number of esters is 2. The van der Waals surface area contributed by atoms with E-state index in [4.69, 9.17) is 14.2 Å². The molecule has 3 heterocycles. The van der Waals surface area contributed by atoms with Crippen molar-refractivity contribution in [2.45, 2.75) is 45.6 Å². The van der Waals surface area contributed by atoms with E-state index in [1.807, 2.05) is 0 Å². The summed E-state index contributed by atoms with van der Waals surface area (Å²) in [6, 6.07) is 0. The highest BCUT2D eigenvalue weighted by Crippen LogP contribution is 2.31. The quantitative estimate of drug-likeness (QED) is 0.683. The minimum atomic E-state index is -0.692. The number of hydrogen-bond donors (Lipinski definition) is 1. The molecule has 0 radical (unpaired) electrons. The highest BCUT2D eigenvalue weighted by atomic mass is 16.6. The Morgan fingerprint density at radius 1 is 1.37 bits per heavy atom. The van der Waals surface area contributed by atoms with Crippen LogP contribution in [0.15, 0.2) is 16.0 Å². The number of hydrogen-bond acceptors (Lipinski definition) is 10. The van der Waals surface area contributed by atoms with Gasteiger partial charge in [-0.05, 0) is 6.92 Å². The van der Waals surface area contributed by atoms with Gasteiger partial charge in [-0.3, -0.25) is 19.1 Å². The summed E-state index contributed by atoms with van der Waals surface area (Å²) in [4.78, 5) is 43.0. The molecule has 0 spiro atoms. The maximum Gasteiger partial charge on any atom is 0.351 e. The van der Waals surface area contributed by atoms with E-state index in [-0.39, 0.29) is 13.0 Å². The van der Waals surface area contributed by atoms with E-state index in [0.29, 0.717) is 12.5 Å². The van der Waals surface area contributed by atoms with Crippen molar-refractivity contribution in [3.63, 3.8) is 0 Å². The Bertz CT molecular complexity index is 822. The lowest BCUT2D eigenvalue weighted by atomic mass is 10.2. The van der Waals surface area contributed by atoms with Crippen LogP contribution in [0.4, 0.5) is 5.82 Å². The lowest BCUT2D eigenvalue weighted by molar-refractivity contribution is -0.155. The van der Waals surface area contributed by atoms with E-state index in [2.05, 4.69) is 15.4 Å². The number of hydrazine groups is 1. The Labute approximate surface area is 154 Å². The van der Waals surface area contributed by atoms with Crippen molar-refractivity contribution < 1.29 is 23.8 Å². The van der Waals surface area contributed by atoms with Gasteiger partial charge in [-0.2, -0.15) is 4.98 Å².